The number of hydrogen-bond donors (Lipinski definition) is 0. The maximum Gasteiger partial charge on any atom is 0.0995 e. The van der Waals surface area contributed by atoms with Crippen molar-refractivity contribution in [3.8, 4) is 6.07 Å². The molecule has 0 radical (unpaired) electrons. The first-order chi connectivity index (χ1) is 11.3. The number of hydrogen-bond acceptors (Lipinski definition) is 4. The molecule has 0 spiro atoms. The van der Waals surface area contributed by atoms with Crippen LogP contribution in [0.2, 0.25) is 0 Å². The molecule has 2 saturated heterocycles. The van der Waals surface area contributed by atoms with Gasteiger partial charge in [0.05, 0.1) is 11.6 Å². The Hall–Kier alpha value is -1.41. The van der Waals surface area contributed by atoms with Gasteiger partial charge in [0, 0.05) is 45.3 Å². The number of likely N-dealkylation sites (N-methyl/N-ethyl adjacent to an activating group) is 1. The van der Waals surface area contributed by atoms with Crippen molar-refractivity contribution in [2.75, 3.05) is 46.3 Å². The zero-order valence-corrected chi connectivity index (χ0v) is 14.2. The summed E-state index contributed by atoms with van der Waals surface area (Å²) >= 11 is 0. The standard InChI is InChI=1S/C19H28N4/c1-21-9-5-4-8-19(21)16-23-12-10-22(11-13-23)15-18-7-3-2-6-17(18)14-20/h2-3,6-7,19H,4-5,8-13,15-16H2,1H3/t19-/m1/s1. The number of piperazine rings is 1. The molecule has 3 rings (SSSR count). The fourth-order valence-corrected chi connectivity index (χ4v) is 3.81. The second-order valence-electron chi connectivity index (χ2n) is 6.98. The topological polar surface area (TPSA) is 33.5 Å². The molecule has 0 aliphatic carbocycles. The van der Waals surface area contributed by atoms with Crippen LogP contribution >= 0.6 is 0 Å². The van der Waals surface area contributed by atoms with E-state index in [4.69, 9.17) is 0 Å². The average Bonchev–Trinajstić information content (AvgIpc) is 2.59. The van der Waals surface area contributed by atoms with Gasteiger partial charge in [-0.15, -0.1) is 0 Å². The van der Waals surface area contributed by atoms with E-state index in [1.807, 2.05) is 18.2 Å². The Balaban J connectivity index is 1.48. The summed E-state index contributed by atoms with van der Waals surface area (Å²) in [6, 6.07) is 11.0. The SMILES string of the molecule is CN1CCCC[C@@H]1CN1CCN(Cc2ccccc2C#N)CC1. The van der Waals surface area contributed by atoms with Gasteiger partial charge in [-0.05, 0) is 38.1 Å². The number of benzene rings is 1. The van der Waals surface area contributed by atoms with E-state index in [1.165, 1.54) is 32.4 Å². The summed E-state index contributed by atoms with van der Waals surface area (Å²) in [5.41, 5.74) is 1.98. The van der Waals surface area contributed by atoms with Crippen molar-refractivity contribution in [1.29, 1.82) is 5.26 Å². The van der Waals surface area contributed by atoms with E-state index >= 15 is 0 Å². The molecule has 0 N–H and O–H groups in total. The van der Waals surface area contributed by atoms with E-state index < -0.39 is 0 Å². The third-order valence-corrected chi connectivity index (χ3v) is 5.39. The zero-order valence-electron chi connectivity index (χ0n) is 14.2. The summed E-state index contributed by atoms with van der Waals surface area (Å²) in [5, 5.41) is 9.22. The van der Waals surface area contributed by atoms with Crippen molar-refractivity contribution in [2.45, 2.75) is 31.8 Å². The van der Waals surface area contributed by atoms with Crippen molar-refractivity contribution in [1.82, 2.24) is 14.7 Å². The minimum Gasteiger partial charge on any atom is -0.302 e. The molecule has 1 aromatic carbocycles. The number of likely N-dealkylation sites (tertiary alicyclic amines) is 1. The quantitative estimate of drug-likeness (QED) is 0.853. The average molecular weight is 312 g/mol. The molecule has 0 unspecified atom stereocenters. The Kier molecular flexibility index (Phi) is 5.66. The lowest BCUT2D eigenvalue weighted by molar-refractivity contribution is 0.0817. The first kappa shape index (κ1) is 16.4. The van der Waals surface area contributed by atoms with Crippen molar-refractivity contribution in [2.24, 2.45) is 0 Å². The number of nitrogens with zero attached hydrogens (tertiary/aromatic N) is 4. The summed E-state index contributed by atoms with van der Waals surface area (Å²) < 4.78 is 0. The number of piperidine rings is 1. The predicted molar refractivity (Wildman–Crippen MR) is 93.1 cm³/mol. The molecule has 0 aromatic heterocycles. The Morgan fingerprint density at radius 3 is 2.52 bits per heavy atom. The molecule has 4 heteroatoms. The van der Waals surface area contributed by atoms with Crippen LogP contribution in [0.5, 0.6) is 0 Å². The monoisotopic (exact) mass is 312 g/mol. The maximum absolute atomic E-state index is 9.22. The third kappa shape index (κ3) is 4.32. The molecule has 2 fully saturated rings. The molecule has 2 aliphatic rings. The van der Waals surface area contributed by atoms with Gasteiger partial charge in [0.2, 0.25) is 0 Å². The van der Waals surface area contributed by atoms with Gasteiger partial charge in [0.25, 0.3) is 0 Å². The predicted octanol–water partition coefficient (Wildman–Crippen LogP) is 2.16. The highest BCUT2D eigenvalue weighted by molar-refractivity contribution is 5.37. The van der Waals surface area contributed by atoms with Gasteiger partial charge < -0.3 is 4.90 Å². The molecule has 0 saturated carbocycles. The Bertz CT molecular complexity index is 543. The highest BCUT2D eigenvalue weighted by atomic mass is 15.3. The lowest BCUT2D eigenvalue weighted by Crippen LogP contribution is -2.51. The lowest BCUT2D eigenvalue weighted by Gasteiger charge is -2.40. The molecule has 124 valence electrons. The Morgan fingerprint density at radius 2 is 1.78 bits per heavy atom. The molecule has 2 aliphatic heterocycles. The molecule has 1 aromatic rings. The van der Waals surface area contributed by atoms with Gasteiger partial charge in [-0.2, -0.15) is 5.26 Å². The Morgan fingerprint density at radius 1 is 1.04 bits per heavy atom. The van der Waals surface area contributed by atoms with Crippen LogP contribution in [0.15, 0.2) is 24.3 Å². The van der Waals surface area contributed by atoms with Crippen molar-refractivity contribution < 1.29 is 0 Å². The van der Waals surface area contributed by atoms with Crippen LogP contribution in [0, 0.1) is 11.3 Å². The van der Waals surface area contributed by atoms with Crippen molar-refractivity contribution >= 4 is 0 Å². The molecular formula is C19H28N4. The fourth-order valence-electron chi connectivity index (χ4n) is 3.81. The third-order valence-electron chi connectivity index (χ3n) is 5.39. The van der Waals surface area contributed by atoms with Gasteiger partial charge in [0.1, 0.15) is 0 Å². The zero-order chi connectivity index (χ0) is 16.1. The van der Waals surface area contributed by atoms with Gasteiger partial charge >= 0.3 is 0 Å². The summed E-state index contributed by atoms with van der Waals surface area (Å²) in [4.78, 5) is 7.65. The maximum atomic E-state index is 9.22. The van der Waals surface area contributed by atoms with E-state index in [0.29, 0.717) is 0 Å². The van der Waals surface area contributed by atoms with E-state index in [9.17, 15) is 5.26 Å². The van der Waals surface area contributed by atoms with Crippen LogP contribution in [0.4, 0.5) is 0 Å². The van der Waals surface area contributed by atoms with Crippen LogP contribution in [-0.4, -0.2) is 67.1 Å². The van der Waals surface area contributed by atoms with Crippen molar-refractivity contribution in [3.05, 3.63) is 35.4 Å². The largest absolute Gasteiger partial charge is 0.302 e. The van der Waals surface area contributed by atoms with Crippen LogP contribution in [0.1, 0.15) is 30.4 Å². The summed E-state index contributed by atoms with van der Waals surface area (Å²) in [6.07, 6.45) is 4.10. The van der Waals surface area contributed by atoms with Gasteiger partial charge in [-0.3, -0.25) is 9.80 Å². The van der Waals surface area contributed by atoms with E-state index in [1.54, 1.807) is 0 Å². The van der Waals surface area contributed by atoms with E-state index in [2.05, 4.69) is 33.9 Å². The highest BCUT2D eigenvalue weighted by Crippen LogP contribution is 2.18. The minimum absolute atomic E-state index is 0.745. The molecule has 23 heavy (non-hydrogen) atoms. The molecule has 0 bridgehead atoms. The molecule has 4 nitrogen and oxygen atoms in total. The second kappa shape index (κ2) is 7.92. The second-order valence-corrected chi connectivity index (χ2v) is 6.98. The van der Waals surface area contributed by atoms with Crippen LogP contribution in [-0.2, 0) is 6.54 Å². The van der Waals surface area contributed by atoms with Crippen LogP contribution in [0.25, 0.3) is 0 Å². The molecular weight excluding hydrogens is 284 g/mol. The first-order valence-electron chi connectivity index (χ1n) is 8.89. The minimum atomic E-state index is 0.745. The van der Waals surface area contributed by atoms with Crippen LogP contribution in [0.3, 0.4) is 0 Å². The van der Waals surface area contributed by atoms with E-state index in [0.717, 1.165) is 49.9 Å². The molecule has 1 atom stereocenters. The Labute approximate surface area is 140 Å². The first-order valence-corrected chi connectivity index (χ1v) is 8.89. The van der Waals surface area contributed by atoms with Gasteiger partial charge in [-0.1, -0.05) is 24.6 Å². The van der Waals surface area contributed by atoms with Crippen molar-refractivity contribution in [3.63, 3.8) is 0 Å². The summed E-state index contributed by atoms with van der Waals surface area (Å²) in [7, 11) is 2.28. The molecule has 2 heterocycles. The number of rotatable bonds is 4. The van der Waals surface area contributed by atoms with Gasteiger partial charge in [-0.25, -0.2) is 0 Å². The summed E-state index contributed by atoms with van der Waals surface area (Å²) in [6.45, 7) is 7.90. The van der Waals surface area contributed by atoms with Gasteiger partial charge in [0.15, 0.2) is 0 Å². The lowest BCUT2D eigenvalue weighted by atomic mass is 10.0. The smallest absolute Gasteiger partial charge is 0.0995 e. The van der Waals surface area contributed by atoms with Crippen LogP contribution < -0.4 is 0 Å². The normalized spacial score (nSPS) is 24.4. The molecule has 0 amide bonds. The summed E-state index contributed by atoms with van der Waals surface area (Å²) in [5.74, 6) is 0. The number of nitriles is 1. The van der Waals surface area contributed by atoms with E-state index in [-0.39, 0.29) is 0 Å². The highest BCUT2D eigenvalue weighted by Gasteiger charge is 2.24. The fraction of sp³-hybridized carbons (Fsp3) is 0.632.